The highest BCUT2D eigenvalue weighted by molar-refractivity contribution is 5.92. The van der Waals surface area contributed by atoms with Gasteiger partial charge in [-0.05, 0) is 23.8 Å². The number of amides is 2. The zero-order chi connectivity index (χ0) is 17.2. The predicted molar refractivity (Wildman–Crippen MR) is 87.0 cm³/mol. The minimum absolute atomic E-state index is 0.262. The average molecular weight is 327 g/mol. The molecule has 0 saturated carbocycles. The summed E-state index contributed by atoms with van der Waals surface area (Å²) in [7, 11) is 0. The van der Waals surface area contributed by atoms with Gasteiger partial charge >= 0.3 is 0 Å². The molecule has 0 spiro atoms. The molecule has 0 fully saturated rings. The number of pyridine rings is 1. The highest BCUT2D eigenvalue weighted by Crippen LogP contribution is 2.19. The Morgan fingerprint density at radius 2 is 2.04 bits per heavy atom. The summed E-state index contributed by atoms with van der Waals surface area (Å²) in [6, 6.07) is 10.6. The van der Waals surface area contributed by atoms with Crippen molar-refractivity contribution in [2.75, 3.05) is 6.61 Å². The van der Waals surface area contributed by atoms with E-state index in [4.69, 9.17) is 9.94 Å². The van der Waals surface area contributed by atoms with Gasteiger partial charge in [-0.2, -0.15) is 0 Å². The zero-order valence-corrected chi connectivity index (χ0v) is 12.8. The fourth-order valence-corrected chi connectivity index (χ4v) is 1.84. The first-order valence-electron chi connectivity index (χ1n) is 7.18. The van der Waals surface area contributed by atoms with E-state index in [1.54, 1.807) is 48.8 Å². The molecular formula is C17H17N3O4. The minimum atomic E-state index is -0.664. The number of nitrogens with zero attached hydrogens (tertiary/aromatic N) is 1. The average Bonchev–Trinajstić information content (AvgIpc) is 2.64. The summed E-state index contributed by atoms with van der Waals surface area (Å²) in [5, 5.41) is 11.2. The maximum Gasteiger partial charge on any atom is 0.281 e. The number of hydrogen-bond donors (Lipinski definition) is 3. The smallest absolute Gasteiger partial charge is 0.281 e. The van der Waals surface area contributed by atoms with Crippen molar-refractivity contribution >= 4 is 17.9 Å². The lowest BCUT2D eigenvalue weighted by atomic mass is 10.2. The van der Waals surface area contributed by atoms with Crippen molar-refractivity contribution in [2.24, 2.45) is 0 Å². The topological polar surface area (TPSA) is 101 Å². The van der Waals surface area contributed by atoms with Gasteiger partial charge in [0.15, 0.2) is 6.61 Å². The van der Waals surface area contributed by atoms with Crippen molar-refractivity contribution in [1.82, 2.24) is 15.8 Å². The molecule has 0 aliphatic rings. The van der Waals surface area contributed by atoms with E-state index in [1.807, 2.05) is 6.07 Å². The fraction of sp³-hybridized carbons (Fsp3) is 0.118. The van der Waals surface area contributed by atoms with Crippen LogP contribution in [0.4, 0.5) is 0 Å². The van der Waals surface area contributed by atoms with Crippen LogP contribution in [0.5, 0.6) is 5.75 Å². The van der Waals surface area contributed by atoms with E-state index in [-0.39, 0.29) is 12.5 Å². The molecule has 0 aliphatic carbocycles. The molecule has 0 radical (unpaired) electrons. The zero-order valence-electron chi connectivity index (χ0n) is 12.8. The summed E-state index contributed by atoms with van der Waals surface area (Å²) in [5.41, 5.74) is 3.03. The largest absolute Gasteiger partial charge is 0.483 e. The number of hydrogen-bond acceptors (Lipinski definition) is 5. The summed E-state index contributed by atoms with van der Waals surface area (Å²) in [6.07, 6.45) is 6.31. The molecule has 1 heterocycles. The van der Waals surface area contributed by atoms with Crippen LogP contribution in [0.3, 0.4) is 0 Å². The van der Waals surface area contributed by atoms with Crippen LogP contribution in [0.25, 0.3) is 6.08 Å². The van der Waals surface area contributed by atoms with Gasteiger partial charge in [0.05, 0.1) is 0 Å². The lowest BCUT2D eigenvalue weighted by molar-refractivity contribution is -0.131. The molecule has 2 amide bonds. The summed E-state index contributed by atoms with van der Waals surface area (Å²) >= 11 is 0. The van der Waals surface area contributed by atoms with Crippen LogP contribution in [0, 0.1) is 0 Å². The van der Waals surface area contributed by atoms with Gasteiger partial charge in [-0.25, -0.2) is 5.48 Å². The molecule has 2 rings (SSSR count). The van der Waals surface area contributed by atoms with Crippen LogP contribution in [-0.4, -0.2) is 28.6 Å². The van der Waals surface area contributed by atoms with Gasteiger partial charge in [-0.3, -0.25) is 19.8 Å². The fourth-order valence-electron chi connectivity index (χ4n) is 1.84. The van der Waals surface area contributed by atoms with Crippen LogP contribution in [0.15, 0.2) is 54.9 Å². The minimum Gasteiger partial charge on any atom is -0.483 e. The molecule has 1 aromatic carbocycles. The van der Waals surface area contributed by atoms with Crippen LogP contribution >= 0.6 is 0 Å². The highest BCUT2D eigenvalue weighted by Gasteiger charge is 2.04. The lowest BCUT2D eigenvalue weighted by Crippen LogP contribution is -2.25. The molecule has 124 valence electrons. The number of rotatable bonds is 7. The van der Waals surface area contributed by atoms with Crippen molar-refractivity contribution < 1.29 is 19.5 Å². The second-order valence-corrected chi connectivity index (χ2v) is 4.77. The van der Waals surface area contributed by atoms with Gasteiger partial charge < -0.3 is 10.1 Å². The monoisotopic (exact) mass is 327 g/mol. The van der Waals surface area contributed by atoms with Crippen molar-refractivity contribution in [3.63, 3.8) is 0 Å². The van der Waals surface area contributed by atoms with Crippen molar-refractivity contribution in [1.29, 1.82) is 0 Å². The number of aromatic nitrogens is 1. The quantitative estimate of drug-likeness (QED) is 0.404. The molecule has 24 heavy (non-hydrogen) atoms. The number of benzene rings is 1. The summed E-state index contributed by atoms with van der Waals surface area (Å²) in [6.45, 7) is 0.0559. The first-order chi connectivity index (χ1) is 11.7. The van der Waals surface area contributed by atoms with Gasteiger partial charge in [-0.15, -0.1) is 0 Å². The molecule has 2 aromatic rings. The molecular weight excluding hydrogens is 310 g/mol. The van der Waals surface area contributed by atoms with Crippen LogP contribution in [0.2, 0.25) is 0 Å². The number of para-hydroxylation sites is 1. The van der Waals surface area contributed by atoms with E-state index in [0.29, 0.717) is 17.9 Å². The van der Waals surface area contributed by atoms with Crippen molar-refractivity contribution in [2.45, 2.75) is 6.54 Å². The Balaban J connectivity index is 1.93. The van der Waals surface area contributed by atoms with Gasteiger partial charge in [0.2, 0.25) is 5.91 Å². The maximum atomic E-state index is 11.9. The van der Waals surface area contributed by atoms with Gasteiger partial charge in [0, 0.05) is 30.6 Å². The predicted octanol–water partition coefficient (Wildman–Crippen LogP) is 1.30. The Bertz CT molecular complexity index is 717. The summed E-state index contributed by atoms with van der Waals surface area (Å²) in [5.74, 6) is -0.498. The van der Waals surface area contributed by atoms with E-state index in [9.17, 15) is 9.59 Å². The van der Waals surface area contributed by atoms with E-state index in [0.717, 1.165) is 5.56 Å². The van der Waals surface area contributed by atoms with Gasteiger partial charge in [0.1, 0.15) is 5.75 Å². The normalized spacial score (nSPS) is 10.4. The van der Waals surface area contributed by atoms with Crippen molar-refractivity contribution in [3.8, 4) is 5.75 Å². The van der Waals surface area contributed by atoms with E-state index in [1.165, 1.54) is 11.6 Å². The molecule has 1 aromatic heterocycles. The molecule has 0 bridgehead atoms. The first kappa shape index (κ1) is 17.2. The van der Waals surface area contributed by atoms with Crippen LogP contribution < -0.4 is 15.5 Å². The summed E-state index contributed by atoms with van der Waals surface area (Å²) in [4.78, 5) is 26.8. The third kappa shape index (κ3) is 5.54. The van der Waals surface area contributed by atoms with Crippen molar-refractivity contribution in [3.05, 3.63) is 66.0 Å². The second kappa shape index (κ2) is 9.06. The van der Waals surface area contributed by atoms with Gasteiger partial charge in [0.25, 0.3) is 5.91 Å². The van der Waals surface area contributed by atoms with E-state index < -0.39 is 5.91 Å². The Kier molecular flexibility index (Phi) is 6.48. The molecule has 0 atom stereocenters. The Hall–Kier alpha value is -3.19. The third-order valence-corrected chi connectivity index (χ3v) is 3.01. The third-order valence-electron chi connectivity index (χ3n) is 3.01. The Morgan fingerprint density at radius 1 is 1.21 bits per heavy atom. The molecule has 0 unspecified atom stereocenters. The number of hydroxylamine groups is 1. The lowest BCUT2D eigenvalue weighted by Gasteiger charge is -2.07. The number of carbonyl (C=O) groups is 2. The van der Waals surface area contributed by atoms with E-state index >= 15 is 0 Å². The highest BCUT2D eigenvalue weighted by atomic mass is 16.5. The standard InChI is InChI=1S/C17H17N3O4/c21-16(19-11-13-4-3-9-18-10-13)8-7-14-5-1-2-6-15(14)24-12-17(22)20-23/h1-10,23H,11-12H2,(H,19,21)(H,20,22)/b8-7+. The van der Waals surface area contributed by atoms with E-state index in [2.05, 4.69) is 10.3 Å². The second-order valence-electron chi connectivity index (χ2n) is 4.77. The molecule has 0 saturated heterocycles. The Morgan fingerprint density at radius 3 is 2.79 bits per heavy atom. The molecule has 7 heteroatoms. The van der Waals surface area contributed by atoms with Crippen LogP contribution in [0.1, 0.15) is 11.1 Å². The van der Waals surface area contributed by atoms with Crippen LogP contribution in [-0.2, 0) is 16.1 Å². The molecule has 7 nitrogen and oxygen atoms in total. The number of ether oxygens (including phenoxy) is 1. The molecule has 3 N–H and O–H groups in total. The number of nitrogens with one attached hydrogen (secondary N) is 2. The maximum absolute atomic E-state index is 11.9. The first-order valence-corrected chi connectivity index (χ1v) is 7.18. The van der Waals surface area contributed by atoms with Gasteiger partial charge in [-0.1, -0.05) is 24.3 Å². The number of carbonyl (C=O) groups excluding carboxylic acids is 2. The molecule has 0 aliphatic heterocycles. The SMILES string of the molecule is O=C(/C=C/c1ccccc1OCC(=O)NO)NCc1cccnc1. The Labute approximate surface area is 138 Å². The summed E-state index contributed by atoms with van der Waals surface area (Å²) < 4.78 is 5.29.